The van der Waals surface area contributed by atoms with Crippen LogP contribution in [0.1, 0.15) is 25.3 Å². The predicted octanol–water partition coefficient (Wildman–Crippen LogP) is 3.65. The van der Waals surface area contributed by atoms with Crippen molar-refractivity contribution in [3.05, 3.63) is 22.3 Å². The molecule has 0 spiro atoms. The molecule has 0 radical (unpaired) electrons. The van der Waals surface area contributed by atoms with Gasteiger partial charge in [0.05, 0.1) is 17.4 Å². The van der Waals surface area contributed by atoms with Crippen LogP contribution in [-0.2, 0) is 11.8 Å². The number of benzene rings is 1. The first-order chi connectivity index (χ1) is 10.1. The van der Waals surface area contributed by atoms with Crippen molar-refractivity contribution in [2.45, 2.75) is 32.7 Å². The van der Waals surface area contributed by atoms with E-state index < -0.39 is 0 Å². The molecular weight excluding hydrogens is 330 g/mol. The predicted molar refractivity (Wildman–Crippen MR) is 90.0 cm³/mol. The van der Waals surface area contributed by atoms with Crippen LogP contribution in [-0.4, -0.2) is 35.6 Å². The van der Waals surface area contributed by atoms with Gasteiger partial charge in [0.15, 0.2) is 0 Å². The molecule has 1 aliphatic heterocycles. The zero-order chi connectivity index (χ0) is 15.0. The van der Waals surface area contributed by atoms with Gasteiger partial charge in [0, 0.05) is 42.7 Å². The number of anilines is 1. The van der Waals surface area contributed by atoms with Gasteiger partial charge in [0.25, 0.3) is 0 Å². The Labute approximate surface area is 134 Å². The lowest BCUT2D eigenvalue weighted by Crippen LogP contribution is -2.40. The van der Waals surface area contributed by atoms with E-state index in [1.165, 1.54) is 22.2 Å². The van der Waals surface area contributed by atoms with Gasteiger partial charge in [-0.05, 0) is 38.3 Å². The highest BCUT2D eigenvalue weighted by Crippen LogP contribution is 2.37. The topological polar surface area (TPSA) is 30.3 Å². The normalized spacial score (nSPS) is 16.6. The zero-order valence-electron chi connectivity index (χ0n) is 12.9. The van der Waals surface area contributed by atoms with E-state index in [0.29, 0.717) is 6.04 Å². The summed E-state index contributed by atoms with van der Waals surface area (Å²) in [4.78, 5) is 2.53. The van der Waals surface area contributed by atoms with Crippen molar-refractivity contribution in [2.75, 3.05) is 24.7 Å². The summed E-state index contributed by atoms with van der Waals surface area (Å²) in [6.07, 6.45) is 4.19. The number of halogens is 1. The molecule has 5 heteroatoms. The molecule has 0 aliphatic carbocycles. The summed E-state index contributed by atoms with van der Waals surface area (Å²) in [7, 11) is 2.00. The molecule has 21 heavy (non-hydrogen) atoms. The lowest BCUT2D eigenvalue weighted by molar-refractivity contribution is 0.0846. The average molecular weight is 352 g/mol. The molecule has 4 nitrogen and oxygen atoms in total. The summed E-state index contributed by atoms with van der Waals surface area (Å²) in [6, 6.07) is 2.72. The van der Waals surface area contributed by atoms with Crippen molar-refractivity contribution in [3.63, 3.8) is 0 Å². The summed E-state index contributed by atoms with van der Waals surface area (Å²) in [5.74, 6) is 0. The van der Waals surface area contributed by atoms with Crippen LogP contribution < -0.4 is 4.90 Å². The van der Waals surface area contributed by atoms with Gasteiger partial charge in [0.1, 0.15) is 0 Å². The van der Waals surface area contributed by atoms with E-state index in [-0.39, 0.29) is 0 Å². The standard InChI is InChI=1S/C16H22BrN3O/c1-4-20(12-5-7-21-8-6-12)16-11(2)14(17)9-15-13(16)10-18-19(15)3/h9-10,12H,4-8H2,1-3H3. The van der Waals surface area contributed by atoms with Crippen molar-refractivity contribution in [2.24, 2.45) is 7.05 Å². The molecule has 0 bridgehead atoms. The Kier molecular flexibility index (Phi) is 4.22. The maximum atomic E-state index is 5.52. The Morgan fingerprint density at radius 3 is 2.81 bits per heavy atom. The fourth-order valence-corrected chi connectivity index (χ4v) is 3.71. The molecule has 2 heterocycles. The molecule has 1 aliphatic rings. The molecule has 1 saturated heterocycles. The quantitative estimate of drug-likeness (QED) is 0.845. The van der Waals surface area contributed by atoms with Crippen LogP contribution in [0.5, 0.6) is 0 Å². The van der Waals surface area contributed by atoms with E-state index in [4.69, 9.17) is 4.74 Å². The Bertz CT molecular complexity index is 646. The van der Waals surface area contributed by atoms with Gasteiger partial charge in [-0.1, -0.05) is 15.9 Å². The Balaban J connectivity index is 2.14. The Morgan fingerprint density at radius 2 is 2.14 bits per heavy atom. The maximum absolute atomic E-state index is 5.52. The lowest BCUT2D eigenvalue weighted by atomic mass is 10.0. The number of hydrogen-bond donors (Lipinski definition) is 0. The van der Waals surface area contributed by atoms with Crippen LogP contribution in [0.2, 0.25) is 0 Å². The molecule has 3 rings (SSSR count). The van der Waals surface area contributed by atoms with E-state index in [0.717, 1.165) is 37.1 Å². The van der Waals surface area contributed by atoms with Crippen LogP contribution in [0, 0.1) is 6.92 Å². The number of aryl methyl sites for hydroxylation is 1. The molecule has 1 fully saturated rings. The number of ether oxygens (including phenoxy) is 1. The molecule has 114 valence electrons. The van der Waals surface area contributed by atoms with Gasteiger partial charge in [-0.25, -0.2) is 0 Å². The van der Waals surface area contributed by atoms with Gasteiger partial charge in [0.2, 0.25) is 0 Å². The largest absolute Gasteiger partial charge is 0.381 e. The van der Waals surface area contributed by atoms with E-state index in [1.54, 1.807) is 0 Å². The first-order valence-corrected chi connectivity index (χ1v) is 8.38. The number of aromatic nitrogens is 2. The SMILES string of the molecule is CCN(c1c(C)c(Br)cc2c1cnn2C)C1CCOCC1. The van der Waals surface area contributed by atoms with Crippen molar-refractivity contribution >= 4 is 32.5 Å². The third-order valence-electron chi connectivity index (χ3n) is 4.48. The van der Waals surface area contributed by atoms with E-state index in [1.807, 2.05) is 17.9 Å². The van der Waals surface area contributed by atoms with Gasteiger partial charge >= 0.3 is 0 Å². The minimum atomic E-state index is 0.556. The maximum Gasteiger partial charge on any atom is 0.0711 e. The summed E-state index contributed by atoms with van der Waals surface area (Å²) in [5, 5.41) is 5.69. The summed E-state index contributed by atoms with van der Waals surface area (Å²) < 4.78 is 8.62. The highest BCUT2D eigenvalue weighted by Gasteiger charge is 2.25. The average Bonchev–Trinajstić information content (AvgIpc) is 2.86. The highest BCUT2D eigenvalue weighted by molar-refractivity contribution is 9.10. The number of nitrogens with zero attached hydrogens (tertiary/aromatic N) is 3. The van der Waals surface area contributed by atoms with Crippen LogP contribution in [0.25, 0.3) is 10.9 Å². The molecule has 0 amide bonds. The molecular formula is C16H22BrN3O. The van der Waals surface area contributed by atoms with Gasteiger partial charge in [-0.2, -0.15) is 5.10 Å². The van der Waals surface area contributed by atoms with Crippen LogP contribution in [0.15, 0.2) is 16.7 Å². The fourth-order valence-electron chi connectivity index (χ4n) is 3.31. The van der Waals surface area contributed by atoms with Gasteiger partial charge in [-0.15, -0.1) is 0 Å². The van der Waals surface area contributed by atoms with E-state index in [2.05, 4.69) is 45.8 Å². The van der Waals surface area contributed by atoms with Crippen molar-refractivity contribution in [3.8, 4) is 0 Å². The molecule has 0 unspecified atom stereocenters. The van der Waals surface area contributed by atoms with Crippen molar-refractivity contribution in [1.29, 1.82) is 0 Å². The number of rotatable bonds is 3. The van der Waals surface area contributed by atoms with Crippen LogP contribution in [0.4, 0.5) is 5.69 Å². The molecule has 1 aromatic carbocycles. The second-order valence-electron chi connectivity index (χ2n) is 5.66. The van der Waals surface area contributed by atoms with Gasteiger partial charge < -0.3 is 9.64 Å². The summed E-state index contributed by atoms with van der Waals surface area (Å²) >= 11 is 3.72. The molecule has 0 saturated carbocycles. The van der Waals surface area contributed by atoms with Crippen LogP contribution in [0.3, 0.4) is 0 Å². The Hall–Kier alpha value is -1.07. The summed E-state index contributed by atoms with van der Waals surface area (Å²) in [6.45, 7) is 7.16. The molecule has 0 N–H and O–H groups in total. The van der Waals surface area contributed by atoms with Gasteiger partial charge in [-0.3, -0.25) is 4.68 Å². The zero-order valence-corrected chi connectivity index (χ0v) is 14.5. The van der Waals surface area contributed by atoms with E-state index in [9.17, 15) is 0 Å². The monoisotopic (exact) mass is 351 g/mol. The second-order valence-corrected chi connectivity index (χ2v) is 6.52. The van der Waals surface area contributed by atoms with Crippen LogP contribution >= 0.6 is 15.9 Å². The smallest absolute Gasteiger partial charge is 0.0711 e. The minimum absolute atomic E-state index is 0.556. The molecule has 0 atom stereocenters. The summed E-state index contributed by atoms with van der Waals surface area (Å²) in [5.41, 5.74) is 3.79. The third-order valence-corrected chi connectivity index (χ3v) is 5.30. The third kappa shape index (κ3) is 2.57. The number of fused-ring (bicyclic) bond motifs is 1. The van der Waals surface area contributed by atoms with Crippen molar-refractivity contribution in [1.82, 2.24) is 9.78 Å². The molecule has 1 aromatic heterocycles. The first-order valence-electron chi connectivity index (χ1n) is 7.58. The number of hydrogen-bond acceptors (Lipinski definition) is 3. The van der Waals surface area contributed by atoms with Crippen molar-refractivity contribution < 1.29 is 4.74 Å². The minimum Gasteiger partial charge on any atom is -0.381 e. The van der Waals surface area contributed by atoms with E-state index >= 15 is 0 Å². The first kappa shape index (κ1) is 14.9. The highest BCUT2D eigenvalue weighted by atomic mass is 79.9. The molecule has 2 aromatic rings. The lowest BCUT2D eigenvalue weighted by Gasteiger charge is -2.36. The second kappa shape index (κ2) is 5.97. The Morgan fingerprint density at radius 1 is 1.43 bits per heavy atom. The fraction of sp³-hybridized carbons (Fsp3) is 0.562.